The van der Waals surface area contributed by atoms with Crippen molar-refractivity contribution < 1.29 is 18.4 Å². The van der Waals surface area contributed by atoms with Crippen molar-refractivity contribution >= 4 is 5.91 Å². The van der Waals surface area contributed by atoms with E-state index in [0.29, 0.717) is 24.5 Å². The van der Waals surface area contributed by atoms with Crippen LogP contribution in [0.4, 0.5) is 4.39 Å². The number of hydrogen-bond donors (Lipinski definition) is 0. The summed E-state index contributed by atoms with van der Waals surface area (Å²) in [5.41, 5.74) is 0.413. The molecule has 0 unspecified atom stereocenters. The third kappa shape index (κ3) is 3.29. The molecule has 1 aliphatic heterocycles. The van der Waals surface area contributed by atoms with Crippen molar-refractivity contribution in [2.24, 2.45) is 0 Å². The molecule has 2 aromatic heterocycles. The Morgan fingerprint density at radius 1 is 1.15 bits per heavy atom. The Hall–Kier alpha value is -3.20. The monoisotopic (exact) mass is 355 g/mol. The number of benzene rings is 1. The van der Waals surface area contributed by atoms with E-state index in [1.54, 1.807) is 23.4 Å². The highest BCUT2D eigenvalue weighted by Gasteiger charge is 2.30. The summed E-state index contributed by atoms with van der Waals surface area (Å²) >= 11 is 0. The number of aromatic nitrogens is 4. The molecule has 1 saturated heterocycles. The van der Waals surface area contributed by atoms with Crippen molar-refractivity contribution in [2.45, 2.75) is 6.10 Å². The van der Waals surface area contributed by atoms with Gasteiger partial charge in [-0.2, -0.15) is 4.98 Å². The van der Waals surface area contributed by atoms with Crippen molar-refractivity contribution in [3.05, 3.63) is 60.0 Å². The number of nitrogens with zero attached hydrogens (tertiary/aromatic N) is 5. The van der Waals surface area contributed by atoms with Crippen LogP contribution >= 0.6 is 0 Å². The summed E-state index contributed by atoms with van der Waals surface area (Å²) in [6.07, 6.45) is 2.62. The van der Waals surface area contributed by atoms with Crippen LogP contribution in [-0.2, 0) is 4.74 Å². The summed E-state index contributed by atoms with van der Waals surface area (Å²) in [6.45, 7) is 1.01. The van der Waals surface area contributed by atoms with E-state index in [1.165, 1.54) is 24.3 Å². The first-order valence-electron chi connectivity index (χ1n) is 7.98. The van der Waals surface area contributed by atoms with E-state index >= 15 is 0 Å². The molecular weight excluding hydrogens is 341 g/mol. The second-order valence-corrected chi connectivity index (χ2v) is 5.65. The lowest BCUT2D eigenvalue weighted by Crippen LogP contribution is -2.42. The van der Waals surface area contributed by atoms with E-state index in [4.69, 9.17) is 9.26 Å². The topological polar surface area (TPSA) is 94.2 Å². The number of hydrogen-bond acceptors (Lipinski definition) is 7. The molecule has 0 radical (unpaired) electrons. The van der Waals surface area contributed by atoms with E-state index in [0.717, 1.165) is 0 Å². The average molecular weight is 355 g/mol. The maximum absolute atomic E-state index is 13.0. The minimum atomic E-state index is -0.543. The van der Waals surface area contributed by atoms with E-state index in [9.17, 15) is 9.18 Å². The zero-order valence-corrected chi connectivity index (χ0v) is 13.6. The fourth-order valence-corrected chi connectivity index (χ4v) is 2.63. The van der Waals surface area contributed by atoms with Crippen LogP contribution in [-0.4, -0.2) is 50.6 Å². The number of ether oxygens (including phenoxy) is 1. The zero-order valence-electron chi connectivity index (χ0n) is 13.6. The summed E-state index contributed by atoms with van der Waals surface area (Å²) in [5, 5.41) is 3.86. The summed E-state index contributed by atoms with van der Waals surface area (Å²) < 4.78 is 23.9. The molecular formula is C17H14FN5O3. The van der Waals surface area contributed by atoms with Gasteiger partial charge in [-0.3, -0.25) is 4.79 Å². The van der Waals surface area contributed by atoms with Crippen molar-refractivity contribution in [3.63, 3.8) is 0 Å². The molecule has 3 heterocycles. The van der Waals surface area contributed by atoms with Gasteiger partial charge in [0.05, 0.1) is 13.2 Å². The molecule has 4 rings (SSSR count). The van der Waals surface area contributed by atoms with Gasteiger partial charge in [0, 0.05) is 24.5 Å². The van der Waals surface area contributed by atoms with Crippen molar-refractivity contribution in [2.75, 3.05) is 19.7 Å². The fourth-order valence-electron chi connectivity index (χ4n) is 2.63. The van der Waals surface area contributed by atoms with Crippen LogP contribution in [0.2, 0.25) is 0 Å². The quantitative estimate of drug-likeness (QED) is 0.708. The largest absolute Gasteiger partial charge is 0.365 e. The van der Waals surface area contributed by atoms with Gasteiger partial charge in [-0.15, -0.1) is 0 Å². The normalized spacial score (nSPS) is 17.3. The van der Waals surface area contributed by atoms with Crippen molar-refractivity contribution in [1.29, 1.82) is 0 Å². The highest BCUT2D eigenvalue weighted by Crippen LogP contribution is 2.23. The highest BCUT2D eigenvalue weighted by atomic mass is 19.1. The number of carbonyl (C=O) groups is 1. The summed E-state index contributed by atoms with van der Waals surface area (Å²) in [4.78, 5) is 26.6. The molecule has 26 heavy (non-hydrogen) atoms. The zero-order chi connectivity index (χ0) is 17.9. The second kappa shape index (κ2) is 6.96. The van der Waals surface area contributed by atoms with E-state index in [-0.39, 0.29) is 30.0 Å². The SMILES string of the molecule is O=C(c1ccc(F)cc1)N1CCO[C@@H](c2nc(-c3ncccn3)no2)C1. The minimum absolute atomic E-state index is 0.204. The minimum Gasteiger partial charge on any atom is -0.365 e. The molecule has 9 heteroatoms. The van der Waals surface area contributed by atoms with Gasteiger partial charge >= 0.3 is 0 Å². The second-order valence-electron chi connectivity index (χ2n) is 5.65. The van der Waals surface area contributed by atoms with Crippen molar-refractivity contribution in [3.8, 4) is 11.6 Å². The number of rotatable bonds is 3. The molecule has 1 fully saturated rings. The smallest absolute Gasteiger partial charge is 0.258 e. The van der Waals surface area contributed by atoms with Crippen LogP contribution in [0.25, 0.3) is 11.6 Å². The molecule has 1 aromatic carbocycles. The van der Waals surface area contributed by atoms with Gasteiger partial charge in [-0.05, 0) is 30.3 Å². The standard InChI is InChI=1S/C17H14FN5O3/c18-12-4-2-11(3-5-12)17(24)23-8-9-25-13(10-23)16-21-15(22-26-16)14-19-6-1-7-20-14/h1-7,13H,8-10H2/t13-/m1/s1. The Morgan fingerprint density at radius 3 is 2.69 bits per heavy atom. The first-order valence-corrected chi connectivity index (χ1v) is 7.98. The molecule has 3 aromatic rings. The Kier molecular flexibility index (Phi) is 4.36. The average Bonchev–Trinajstić information content (AvgIpc) is 3.19. The predicted molar refractivity (Wildman–Crippen MR) is 86.3 cm³/mol. The Balaban J connectivity index is 1.49. The lowest BCUT2D eigenvalue weighted by molar-refractivity contribution is -0.0367. The van der Waals surface area contributed by atoms with E-state index in [2.05, 4.69) is 20.1 Å². The van der Waals surface area contributed by atoms with E-state index in [1.807, 2.05) is 0 Å². The molecule has 0 bridgehead atoms. The number of carbonyl (C=O) groups excluding carboxylic acids is 1. The van der Waals surface area contributed by atoms with Gasteiger partial charge in [-0.25, -0.2) is 14.4 Å². The van der Waals surface area contributed by atoms with Crippen LogP contribution < -0.4 is 0 Å². The molecule has 1 atom stereocenters. The molecule has 0 spiro atoms. The van der Waals surface area contributed by atoms with E-state index < -0.39 is 6.10 Å². The summed E-state index contributed by atoms with van der Waals surface area (Å²) in [6, 6.07) is 7.12. The van der Waals surface area contributed by atoms with Crippen LogP contribution in [0.15, 0.2) is 47.2 Å². The molecule has 0 saturated carbocycles. The molecule has 0 N–H and O–H groups in total. The van der Waals surface area contributed by atoms with Gasteiger partial charge in [0.2, 0.25) is 11.6 Å². The summed E-state index contributed by atoms with van der Waals surface area (Å²) in [7, 11) is 0. The third-order valence-corrected chi connectivity index (χ3v) is 3.93. The Bertz CT molecular complexity index is 900. The molecule has 8 nitrogen and oxygen atoms in total. The molecule has 0 aliphatic carbocycles. The molecule has 1 aliphatic rings. The highest BCUT2D eigenvalue weighted by molar-refractivity contribution is 5.94. The Morgan fingerprint density at radius 2 is 1.92 bits per heavy atom. The number of morpholine rings is 1. The third-order valence-electron chi connectivity index (χ3n) is 3.93. The van der Waals surface area contributed by atoms with Gasteiger partial charge in [-0.1, -0.05) is 5.16 Å². The van der Waals surface area contributed by atoms with Crippen LogP contribution in [0.5, 0.6) is 0 Å². The molecule has 1 amide bonds. The maximum Gasteiger partial charge on any atom is 0.258 e. The first-order chi connectivity index (χ1) is 12.7. The van der Waals surface area contributed by atoms with Crippen LogP contribution in [0, 0.1) is 5.82 Å². The van der Waals surface area contributed by atoms with Crippen molar-refractivity contribution in [1.82, 2.24) is 25.0 Å². The lowest BCUT2D eigenvalue weighted by atomic mass is 10.1. The predicted octanol–water partition coefficient (Wildman–Crippen LogP) is 1.88. The van der Waals surface area contributed by atoms with Crippen LogP contribution in [0.3, 0.4) is 0 Å². The lowest BCUT2D eigenvalue weighted by Gasteiger charge is -2.31. The number of amides is 1. The van der Waals surface area contributed by atoms with Gasteiger partial charge in [0.1, 0.15) is 5.82 Å². The Labute approximate surface area is 147 Å². The van der Waals surface area contributed by atoms with Gasteiger partial charge in [0.25, 0.3) is 11.8 Å². The molecule has 132 valence electrons. The van der Waals surface area contributed by atoms with Crippen LogP contribution in [0.1, 0.15) is 22.4 Å². The number of halogens is 1. The van der Waals surface area contributed by atoms with Gasteiger partial charge in [0.15, 0.2) is 6.10 Å². The first kappa shape index (κ1) is 16.3. The summed E-state index contributed by atoms with van der Waals surface area (Å²) in [5.74, 6) is 0.264. The maximum atomic E-state index is 13.0. The fraction of sp³-hybridized carbons (Fsp3) is 0.235. The van der Waals surface area contributed by atoms with Gasteiger partial charge < -0.3 is 14.2 Å².